The summed E-state index contributed by atoms with van der Waals surface area (Å²) in [7, 11) is 0. The van der Waals surface area contributed by atoms with Gasteiger partial charge < -0.3 is 0 Å². The van der Waals surface area contributed by atoms with Crippen molar-refractivity contribution in [3.63, 3.8) is 0 Å². The fraction of sp³-hybridized carbons (Fsp3) is 0.429. The molecule has 232 valence electrons. The van der Waals surface area contributed by atoms with E-state index in [1.54, 1.807) is 0 Å². The van der Waals surface area contributed by atoms with Gasteiger partial charge in [-0.25, -0.2) is 0 Å². The first-order chi connectivity index (χ1) is 20.4. The fourth-order valence-electron chi connectivity index (χ4n) is 3.49. The number of unbranched alkanes of at least 4 members (excludes halogenated alkanes) is 8. The zero-order valence-corrected chi connectivity index (χ0v) is 28.6. The van der Waals surface area contributed by atoms with Crippen LogP contribution in [-0.4, -0.2) is 0 Å². The Bertz CT molecular complexity index is 807. The summed E-state index contributed by atoms with van der Waals surface area (Å²) in [4.78, 5) is 0. The molecule has 0 aliphatic heterocycles. The van der Waals surface area contributed by atoms with Gasteiger partial charge in [-0.2, -0.15) is 0 Å². The highest BCUT2D eigenvalue weighted by Crippen LogP contribution is 2.01. The number of rotatable bonds is 8. The molecule has 0 fully saturated rings. The lowest BCUT2D eigenvalue weighted by Crippen LogP contribution is -1.70. The molecule has 0 aliphatic rings. The Kier molecular flexibility index (Phi) is 33.3. The van der Waals surface area contributed by atoms with Crippen LogP contribution >= 0.6 is 0 Å². The lowest BCUT2D eigenvalue weighted by atomic mass is 10.2. The van der Waals surface area contributed by atoms with Crippen LogP contribution in [0.25, 0.3) is 0 Å². The Hall–Kier alpha value is -3.12. The summed E-state index contributed by atoms with van der Waals surface area (Å²) in [5.41, 5.74) is 5.29. The van der Waals surface area contributed by atoms with Crippen LogP contribution in [0.1, 0.15) is 114 Å². The smallest absolute Gasteiger partial charge is 0.0398 e. The largest absolute Gasteiger partial charge is 0.0654 e. The molecule has 4 rings (SSSR count). The molecule has 4 aromatic carbocycles. The second kappa shape index (κ2) is 34.1. The monoisotopic (exact) mass is 569 g/mol. The van der Waals surface area contributed by atoms with Crippen LogP contribution in [0.5, 0.6) is 0 Å². The lowest BCUT2D eigenvalue weighted by molar-refractivity contribution is 0.656. The van der Waals surface area contributed by atoms with E-state index in [9.17, 15) is 0 Å². The van der Waals surface area contributed by atoms with E-state index in [0.717, 1.165) is 0 Å². The van der Waals surface area contributed by atoms with Gasteiger partial charge in [-0.1, -0.05) is 235 Å². The van der Waals surface area contributed by atoms with E-state index < -0.39 is 0 Å². The summed E-state index contributed by atoms with van der Waals surface area (Å²) in [6.07, 6.45) is 14.0. The third-order valence-corrected chi connectivity index (χ3v) is 6.18. The highest BCUT2D eigenvalue weighted by atomic mass is 13.9. The summed E-state index contributed by atoms with van der Waals surface area (Å²) >= 11 is 0. The Balaban J connectivity index is 0. The maximum atomic E-state index is 2.25. The van der Waals surface area contributed by atoms with E-state index in [0.29, 0.717) is 0 Å². The molecule has 0 atom stereocenters. The molecule has 0 N–H and O–H groups in total. The SMILES string of the molecule is CCCCCCC.CCCCCCC.Cc1ccccc1.Cc1ccccc1.Cc1ccccc1.Cc1ccccc1. The summed E-state index contributed by atoms with van der Waals surface area (Å²) in [5, 5.41) is 0. The zero-order valence-electron chi connectivity index (χ0n) is 28.6. The Morgan fingerprint density at radius 3 is 0.524 bits per heavy atom. The zero-order chi connectivity index (χ0) is 31.5. The quantitative estimate of drug-likeness (QED) is 0.185. The van der Waals surface area contributed by atoms with Gasteiger partial charge in [0.05, 0.1) is 0 Å². The first-order valence-electron chi connectivity index (χ1n) is 16.5. The maximum absolute atomic E-state index is 2.25. The van der Waals surface area contributed by atoms with Crippen molar-refractivity contribution in [3.05, 3.63) is 144 Å². The van der Waals surface area contributed by atoms with Crippen molar-refractivity contribution < 1.29 is 0 Å². The van der Waals surface area contributed by atoms with Crippen LogP contribution in [0.4, 0.5) is 0 Å². The number of hydrogen-bond donors (Lipinski definition) is 0. The molecule has 0 saturated heterocycles. The Morgan fingerprint density at radius 2 is 0.429 bits per heavy atom. The predicted molar refractivity (Wildman–Crippen MR) is 194 cm³/mol. The molecule has 0 aromatic heterocycles. The van der Waals surface area contributed by atoms with E-state index in [4.69, 9.17) is 0 Å². The molecule has 0 heteroatoms. The van der Waals surface area contributed by atoms with Crippen molar-refractivity contribution in [3.8, 4) is 0 Å². The van der Waals surface area contributed by atoms with Crippen LogP contribution in [0, 0.1) is 27.7 Å². The second-order valence-corrected chi connectivity index (χ2v) is 10.7. The fourth-order valence-corrected chi connectivity index (χ4v) is 3.49. The molecule has 0 bridgehead atoms. The average Bonchev–Trinajstić information content (AvgIpc) is 3.01. The minimum absolute atomic E-state index is 1.32. The molecule has 4 aromatic rings. The van der Waals surface area contributed by atoms with Gasteiger partial charge in [0.1, 0.15) is 0 Å². The molecule has 0 spiro atoms. The average molecular weight is 569 g/mol. The molecule has 0 heterocycles. The maximum Gasteiger partial charge on any atom is -0.0398 e. The van der Waals surface area contributed by atoms with Gasteiger partial charge in [0.15, 0.2) is 0 Å². The van der Waals surface area contributed by atoms with Gasteiger partial charge in [-0.3, -0.25) is 0 Å². The van der Waals surface area contributed by atoms with Crippen molar-refractivity contribution in [2.75, 3.05) is 0 Å². The Morgan fingerprint density at radius 1 is 0.262 bits per heavy atom. The van der Waals surface area contributed by atoms with E-state index in [1.807, 2.05) is 72.8 Å². The lowest BCUT2D eigenvalue weighted by Gasteiger charge is -1.90. The minimum atomic E-state index is 1.32. The van der Waals surface area contributed by atoms with E-state index in [1.165, 1.54) is 86.5 Å². The number of aryl methyl sites for hydroxylation is 4. The van der Waals surface area contributed by atoms with Crippen molar-refractivity contribution in [1.82, 2.24) is 0 Å². The topological polar surface area (TPSA) is 0 Å². The summed E-state index contributed by atoms with van der Waals surface area (Å²) in [6, 6.07) is 41.0. The van der Waals surface area contributed by atoms with Gasteiger partial charge in [0.25, 0.3) is 0 Å². The summed E-state index contributed by atoms with van der Waals surface area (Å²) < 4.78 is 0. The van der Waals surface area contributed by atoms with Crippen LogP contribution in [-0.2, 0) is 0 Å². The van der Waals surface area contributed by atoms with Crippen molar-refractivity contribution in [2.45, 2.75) is 120 Å². The molecule has 42 heavy (non-hydrogen) atoms. The number of hydrogen-bond acceptors (Lipinski definition) is 0. The van der Waals surface area contributed by atoms with Gasteiger partial charge in [0.2, 0.25) is 0 Å². The Labute approximate surface area is 262 Å². The highest BCUT2D eigenvalue weighted by Gasteiger charge is 1.81. The van der Waals surface area contributed by atoms with Crippen molar-refractivity contribution >= 4 is 0 Å². The van der Waals surface area contributed by atoms with E-state index >= 15 is 0 Å². The molecular formula is C42H64. The molecule has 0 unspecified atom stereocenters. The standard InChI is InChI=1S/4C7H8.2C7H16/c4*1-7-5-3-2-4-6-7;2*1-3-5-7-6-4-2/h4*2-6H,1H3;2*3-7H2,1-2H3. The van der Waals surface area contributed by atoms with Gasteiger partial charge in [-0.05, 0) is 27.7 Å². The molecule has 0 aliphatic carbocycles. The van der Waals surface area contributed by atoms with E-state index in [2.05, 4.69) is 104 Å². The van der Waals surface area contributed by atoms with Crippen molar-refractivity contribution in [2.24, 2.45) is 0 Å². The highest BCUT2D eigenvalue weighted by molar-refractivity contribution is 5.13. The van der Waals surface area contributed by atoms with Crippen molar-refractivity contribution in [1.29, 1.82) is 0 Å². The third kappa shape index (κ3) is 34.9. The van der Waals surface area contributed by atoms with Crippen LogP contribution < -0.4 is 0 Å². The molecular weight excluding hydrogens is 504 g/mol. The molecule has 0 radical (unpaired) electrons. The summed E-state index contributed by atoms with van der Waals surface area (Å²) in [6.45, 7) is 17.3. The normalized spacial score (nSPS) is 8.95. The van der Waals surface area contributed by atoms with Gasteiger partial charge in [0, 0.05) is 0 Å². The molecule has 0 saturated carbocycles. The summed E-state index contributed by atoms with van der Waals surface area (Å²) in [5.74, 6) is 0. The van der Waals surface area contributed by atoms with E-state index in [-0.39, 0.29) is 0 Å². The van der Waals surface area contributed by atoms with Gasteiger partial charge in [-0.15, -0.1) is 0 Å². The number of benzene rings is 4. The molecule has 0 nitrogen and oxygen atoms in total. The minimum Gasteiger partial charge on any atom is -0.0654 e. The predicted octanol–water partition coefficient (Wildman–Crippen LogP) is 13.9. The van der Waals surface area contributed by atoms with Crippen LogP contribution in [0.3, 0.4) is 0 Å². The van der Waals surface area contributed by atoms with Crippen LogP contribution in [0.15, 0.2) is 121 Å². The molecule has 0 amide bonds. The first-order valence-corrected chi connectivity index (χ1v) is 16.5. The van der Waals surface area contributed by atoms with Crippen LogP contribution in [0.2, 0.25) is 0 Å². The van der Waals surface area contributed by atoms with Gasteiger partial charge >= 0.3 is 0 Å². The first kappa shape index (κ1) is 41.0. The second-order valence-electron chi connectivity index (χ2n) is 10.7. The third-order valence-electron chi connectivity index (χ3n) is 6.18.